The van der Waals surface area contributed by atoms with Crippen molar-refractivity contribution in [3.63, 3.8) is 0 Å². The van der Waals surface area contributed by atoms with Gasteiger partial charge in [-0.05, 0) is 18.6 Å². The topological polar surface area (TPSA) is 71.5 Å². The first-order valence-corrected chi connectivity index (χ1v) is 7.28. The molecule has 0 spiro atoms. The van der Waals surface area contributed by atoms with Crippen molar-refractivity contribution < 1.29 is 14.6 Å². The number of amides is 1. The number of nitrogens with one attached hydrogen (secondary N) is 1. The fraction of sp³-hybridized carbons (Fsp3) is 0.250. The van der Waals surface area contributed by atoms with Crippen LogP contribution in [0.15, 0.2) is 42.6 Å². The van der Waals surface area contributed by atoms with Gasteiger partial charge in [-0.15, -0.1) is 0 Å². The van der Waals surface area contributed by atoms with E-state index in [1.807, 2.05) is 37.3 Å². The summed E-state index contributed by atoms with van der Waals surface area (Å²) in [4.78, 5) is 16.3. The lowest BCUT2D eigenvalue weighted by Gasteiger charge is -2.17. The van der Waals surface area contributed by atoms with Crippen molar-refractivity contribution in [3.05, 3.63) is 58.7 Å². The highest BCUT2D eigenvalue weighted by molar-refractivity contribution is 6.32. The van der Waals surface area contributed by atoms with Crippen molar-refractivity contribution in [3.8, 4) is 5.88 Å². The average molecular weight is 321 g/mol. The number of carbonyl (C=O) groups excluding carboxylic acids is 1. The summed E-state index contributed by atoms with van der Waals surface area (Å²) < 4.78 is 5.23. The second-order valence-corrected chi connectivity index (χ2v) is 4.97. The van der Waals surface area contributed by atoms with E-state index in [-0.39, 0.29) is 17.5 Å². The molecule has 0 aliphatic rings. The van der Waals surface area contributed by atoms with E-state index in [1.54, 1.807) is 0 Å². The van der Waals surface area contributed by atoms with E-state index in [2.05, 4.69) is 10.3 Å². The molecule has 0 aliphatic carbocycles. The van der Waals surface area contributed by atoms with E-state index >= 15 is 0 Å². The van der Waals surface area contributed by atoms with Crippen LogP contribution in [-0.4, -0.2) is 29.2 Å². The van der Waals surface area contributed by atoms with Gasteiger partial charge in [-0.25, -0.2) is 4.98 Å². The molecule has 116 valence electrons. The lowest BCUT2D eigenvalue weighted by Crippen LogP contribution is -2.30. The quantitative estimate of drug-likeness (QED) is 0.858. The number of halogens is 1. The van der Waals surface area contributed by atoms with Crippen LogP contribution < -0.4 is 10.1 Å². The summed E-state index contributed by atoms with van der Waals surface area (Å²) in [6.45, 7) is 2.07. The first-order chi connectivity index (χ1) is 10.7. The zero-order chi connectivity index (χ0) is 15.9. The molecule has 1 aromatic heterocycles. The summed E-state index contributed by atoms with van der Waals surface area (Å²) in [5.74, 6) is -0.0668. The molecule has 22 heavy (non-hydrogen) atoms. The van der Waals surface area contributed by atoms with E-state index in [1.165, 1.54) is 12.3 Å². The first kappa shape index (κ1) is 16.3. The highest BCUT2D eigenvalue weighted by Gasteiger charge is 2.16. The fourth-order valence-electron chi connectivity index (χ4n) is 1.95. The molecule has 0 saturated carbocycles. The SMILES string of the molecule is CCOc1ncc(C(=O)NC(CO)c2ccccc2)cc1Cl. The van der Waals surface area contributed by atoms with Crippen LogP contribution in [0.4, 0.5) is 0 Å². The van der Waals surface area contributed by atoms with Gasteiger partial charge in [-0.1, -0.05) is 41.9 Å². The third kappa shape index (κ3) is 3.96. The van der Waals surface area contributed by atoms with E-state index < -0.39 is 6.04 Å². The molecule has 2 rings (SSSR count). The standard InChI is InChI=1S/C16H17ClN2O3/c1-2-22-16-13(17)8-12(9-18-16)15(21)19-14(10-20)11-6-4-3-5-7-11/h3-9,14,20H,2,10H2,1H3,(H,19,21). The number of benzene rings is 1. The number of ether oxygens (including phenoxy) is 1. The maximum atomic E-state index is 12.2. The van der Waals surface area contributed by atoms with E-state index in [9.17, 15) is 9.90 Å². The van der Waals surface area contributed by atoms with Gasteiger partial charge in [0, 0.05) is 6.20 Å². The minimum atomic E-state index is -0.487. The summed E-state index contributed by atoms with van der Waals surface area (Å²) in [6.07, 6.45) is 1.39. The molecule has 1 atom stereocenters. The molecule has 1 amide bonds. The fourth-order valence-corrected chi connectivity index (χ4v) is 2.17. The van der Waals surface area contributed by atoms with Crippen molar-refractivity contribution in [2.75, 3.05) is 13.2 Å². The number of rotatable bonds is 6. The summed E-state index contributed by atoms with van der Waals surface area (Å²) in [7, 11) is 0. The molecule has 0 bridgehead atoms. The lowest BCUT2D eigenvalue weighted by atomic mass is 10.1. The Kier molecular flexibility index (Phi) is 5.75. The maximum absolute atomic E-state index is 12.2. The number of pyridine rings is 1. The molecule has 2 aromatic rings. The molecule has 1 aromatic carbocycles. The largest absolute Gasteiger partial charge is 0.477 e. The molecule has 6 heteroatoms. The van der Waals surface area contributed by atoms with Crippen LogP contribution in [0.5, 0.6) is 5.88 Å². The van der Waals surface area contributed by atoms with Crippen molar-refractivity contribution >= 4 is 17.5 Å². The predicted molar refractivity (Wildman–Crippen MR) is 84.2 cm³/mol. The number of hydrogen-bond acceptors (Lipinski definition) is 4. The lowest BCUT2D eigenvalue weighted by molar-refractivity contribution is 0.0915. The van der Waals surface area contributed by atoms with Gasteiger partial charge in [0.05, 0.1) is 24.8 Å². The monoisotopic (exact) mass is 320 g/mol. The minimum absolute atomic E-state index is 0.200. The zero-order valence-corrected chi connectivity index (χ0v) is 12.9. The molecular formula is C16H17ClN2O3. The molecule has 1 heterocycles. The van der Waals surface area contributed by atoms with E-state index in [4.69, 9.17) is 16.3 Å². The average Bonchev–Trinajstić information content (AvgIpc) is 2.55. The van der Waals surface area contributed by atoms with Gasteiger partial charge in [0.1, 0.15) is 5.02 Å². The molecule has 2 N–H and O–H groups in total. The zero-order valence-electron chi connectivity index (χ0n) is 12.1. The number of aliphatic hydroxyl groups is 1. The predicted octanol–water partition coefficient (Wildman–Crippen LogP) is 2.60. The van der Waals surface area contributed by atoms with Gasteiger partial charge < -0.3 is 15.2 Å². The Morgan fingerprint density at radius 3 is 2.73 bits per heavy atom. The highest BCUT2D eigenvalue weighted by Crippen LogP contribution is 2.22. The smallest absolute Gasteiger partial charge is 0.253 e. The molecule has 0 fully saturated rings. The third-order valence-corrected chi connectivity index (χ3v) is 3.31. The van der Waals surface area contributed by atoms with Crippen LogP contribution in [0, 0.1) is 0 Å². The molecule has 5 nitrogen and oxygen atoms in total. The van der Waals surface area contributed by atoms with Gasteiger partial charge in [-0.3, -0.25) is 4.79 Å². The van der Waals surface area contributed by atoms with Gasteiger partial charge in [-0.2, -0.15) is 0 Å². The van der Waals surface area contributed by atoms with Crippen molar-refractivity contribution in [2.24, 2.45) is 0 Å². The maximum Gasteiger partial charge on any atom is 0.253 e. The Balaban J connectivity index is 2.12. The summed E-state index contributed by atoms with van der Waals surface area (Å²) in [5, 5.41) is 12.5. The van der Waals surface area contributed by atoms with Crippen molar-refractivity contribution in [2.45, 2.75) is 13.0 Å². The van der Waals surface area contributed by atoms with E-state index in [0.29, 0.717) is 18.1 Å². The van der Waals surface area contributed by atoms with Crippen molar-refractivity contribution in [1.82, 2.24) is 10.3 Å². The summed E-state index contributed by atoms with van der Waals surface area (Å²) in [5.41, 5.74) is 1.13. The van der Waals surface area contributed by atoms with Gasteiger partial charge in [0.25, 0.3) is 5.91 Å². The minimum Gasteiger partial charge on any atom is -0.477 e. The molecular weight excluding hydrogens is 304 g/mol. The van der Waals surface area contributed by atoms with Gasteiger partial charge in [0.15, 0.2) is 0 Å². The second kappa shape index (κ2) is 7.77. The van der Waals surface area contributed by atoms with Crippen LogP contribution in [0.2, 0.25) is 5.02 Å². The van der Waals surface area contributed by atoms with Gasteiger partial charge in [0.2, 0.25) is 5.88 Å². The number of aliphatic hydroxyl groups excluding tert-OH is 1. The number of nitrogens with zero attached hydrogens (tertiary/aromatic N) is 1. The van der Waals surface area contributed by atoms with Gasteiger partial charge >= 0.3 is 0 Å². The van der Waals surface area contributed by atoms with Crippen LogP contribution in [0.25, 0.3) is 0 Å². The number of carbonyl (C=O) groups is 1. The van der Waals surface area contributed by atoms with Crippen LogP contribution in [0.3, 0.4) is 0 Å². The number of hydrogen-bond donors (Lipinski definition) is 2. The normalized spacial score (nSPS) is 11.8. The number of aromatic nitrogens is 1. The first-order valence-electron chi connectivity index (χ1n) is 6.90. The Morgan fingerprint density at radius 2 is 2.14 bits per heavy atom. The van der Waals surface area contributed by atoms with Crippen molar-refractivity contribution in [1.29, 1.82) is 0 Å². The Hall–Kier alpha value is -2.11. The Labute approximate surface area is 133 Å². The van der Waals surface area contributed by atoms with Crippen LogP contribution >= 0.6 is 11.6 Å². The molecule has 0 saturated heterocycles. The molecule has 1 unspecified atom stereocenters. The Morgan fingerprint density at radius 1 is 1.41 bits per heavy atom. The second-order valence-electron chi connectivity index (χ2n) is 4.56. The Bertz CT molecular complexity index is 635. The molecule has 0 aliphatic heterocycles. The van der Waals surface area contributed by atoms with Crippen LogP contribution in [0.1, 0.15) is 28.9 Å². The molecule has 0 radical (unpaired) electrons. The van der Waals surface area contributed by atoms with E-state index in [0.717, 1.165) is 5.56 Å². The third-order valence-electron chi connectivity index (χ3n) is 3.04. The highest BCUT2D eigenvalue weighted by atomic mass is 35.5. The summed E-state index contributed by atoms with van der Waals surface area (Å²) in [6, 6.07) is 10.2. The van der Waals surface area contributed by atoms with Crippen LogP contribution in [-0.2, 0) is 0 Å². The summed E-state index contributed by atoms with van der Waals surface area (Å²) >= 11 is 6.02.